The average molecular weight is 398 g/mol. The van der Waals surface area contributed by atoms with Crippen LogP contribution in [0.4, 0.5) is 0 Å². The van der Waals surface area contributed by atoms with E-state index in [9.17, 15) is 0 Å². The minimum Gasteiger partial charge on any atom is -0.476 e. The molecule has 0 N–H and O–H groups in total. The maximum atomic E-state index is 6.04. The lowest BCUT2D eigenvalue weighted by Gasteiger charge is -2.10. The summed E-state index contributed by atoms with van der Waals surface area (Å²) in [5, 5.41) is 4.26. The van der Waals surface area contributed by atoms with Gasteiger partial charge in [0.1, 0.15) is 11.3 Å². The first-order valence-corrected chi connectivity index (χ1v) is 9.82. The highest BCUT2D eigenvalue weighted by Crippen LogP contribution is 2.28. The molecule has 0 radical (unpaired) electrons. The van der Waals surface area contributed by atoms with Crippen molar-refractivity contribution in [2.75, 3.05) is 20.3 Å². The van der Waals surface area contributed by atoms with E-state index in [-0.39, 0.29) is 0 Å². The standard InChI is InChI=1S/C19H22N6O2S/c1-13-9-15(28-23-13)10-17-21-16-5-6-25(14-11-20-24(2)12-14)18(16)19(22-17)27-8-4-7-26-3/h5-6,9,11-12H,4,7-8,10H2,1-3H3. The first-order chi connectivity index (χ1) is 13.6. The van der Waals surface area contributed by atoms with Crippen LogP contribution in [0.1, 0.15) is 22.8 Å². The molecular weight excluding hydrogens is 376 g/mol. The molecule has 0 spiro atoms. The first-order valence-electron chi connectivity index (χ1n) is 9.05. The Morgan fingerprint density at radius 2 is 2.11 bits per heavy atom. The van der Waals surface area contributed by atoms with Crippen LogP contribution in [0.5, 0.6) is 5.88 Å². The Morgan fingerprint density at radius 1 is 1.21 bits per heavy atom. The highest BCUT2D eigenvalue weighted by atomic mass is 32.1. The van der Waals surface area contributed by atoms with Gasteiger partial charge < -0.3 is 14.0 Å². The quantitative estimate of drug-likeness (QED) is 0.425. The normalized spacial score (nSPS) is 11.4. The topological polar surface area (TPSA) is 79.9 Å². The monoisotopic (exact) mass is 398 g/mol. The van der Waals surface area contributed by atoms with Crippen molar-refractivity contribution in [3.05, 3.63) is 47.1 Å². The van der Waals surface area contributed by atoms with Crippen molar-refractivity contribution < 1.29 is 9.47 Å². The van der Waals surface area contributed by atoms with Gasteiger partial charge in [-0.1, -0.05) is 0 Å². The molecule has 4 aromatic rings. The van der Waals surface area contributed by atoms with Gasteiger partial charge in [0.2, 0.25) is 5.88 Å². The zero-order valence-electron chi connectivity index (χ0n) is 16.1. The van der Waals surface area contributed by atoms with Crippen molar-refractivity contribution in [1.82, 2.24) is 28.7 Å². The van der Waals surface area contributed by atoms with E-state index in [2.05, 4.69) is 15.5 Å². The number of rotatable bonds is 8. The van der Waals surface area contributed by atoms with Crippen molar-refractivity contribution >= 4 is 22.6 Å². The van der Waals surface area contributed by atoms with Gasteiger partial charge in [-0.25, -0.2) is 4.98 Å². The van der Waals surface area contributed by atoms with Crippen LogP contribution in [0, 0.1) is 6.92 Å². The molecule has 0 atom stereocenters. The van der Waals surface area contributed by atoms with Crippen molar-refractivity contribution in [3.63, 3.8) is 0 Å². The molecule has 0 aliphatic heterocycles. The third-order valence-corrected chi connectivity index (χ3v) is 5.13. The van der Waals surface area contributed by atoms with Crippen LogP contribution in [0.3, 0.4) is 0 Å². The van der Waals surface area contributed by atoms with Crippen molar-refractivity contribution in [2.24, 2.45) is 7.05 Å². The van der Waals surface area contributed by atoms with Gasteiger partial charge in [0.25, 0.3) is 0 Å². The smallest absolute Gasteiger partial charge is 0.242 e. The summed E-state index contributed by atoms with van der Waals surface area (Å²) in [7, 11) is 3.58. The minimum atomic E-state index is 0.525. The minimum absolute atomic E-state index is 0.525. The molecular formula is C19H22N6O2S. The van der Waals surface area contributed by atoms with E-state index >= 15 is 0 Å². The summed E-state index contributed by atoms with van der Waals surface area (Å²) >= 11 is 1.48. The fraction of sp³-hybridized carbons (Fsp3) is 0.368. The number of aryl methyl sites for hydroxylation is 2. The van der Waals surface area contributed by atoms with Crippen LogP contribution in [0.15, 0.2) is 30.7 Å². The van der Waals surface area contributed by atoms with Gasteiger partial charge in [-0.2, -0.15) is 14.5 Å². The Balaban J connectivity index is 1.72. The fourth-order valence-electron chi connectivity index (χ4n) is 3.01. The van der Waals surface area contributed by atoms with Gasteiger partial charge >= 0.3 is 0 Å². The molecule has 4 heterocycles. The Labute approximate surface area is 166 Å². The molecule has 0 aliphatic carbocycles. The zero-order valence-corrected chi connectivity index (χ0v) is 16.9. The van der Waals surface area contributed by atoms with Gasteiger partial charge in [-0.15, -0.1) is 0 Å². The van der Waals surface area contributed by atoms with E-state index < -0.39 is 0 Å². The SMILES string of the molecule is COCCCOc1nc(Cc2cc(C)ns2)nc2ccn(-c3cnn(C)c3)c12. The second-order valence-corrected chi connectivity index (χ2v) is 7.43. The molecule has 28 heavy (non-hydrogen) atoms. The molecule has 0 unspecified atom stereocenters. The Hall–Kier alpha value is -2.78. The number of fused-ring (bicyclic) bond motifs is 1. The van der Waals surface area contributed by atoms with E-state index in [1.165, 1.54) is 11.5 Å². The van der Waals surface area contributed by atoms with Crippen molar-refractivity contribution in [2.45, 2.75) is 19.8 Å². The van der Waals surface area contributed by atoms with Crippen LogP contribution in [-0.2, 0) is 18.2 Å². The summed E-state index contributed by atoms with van der Waals surface area (Å²) in [6.07, 6.45) is 7.15. The Kier molecular flexibility index (Phi) is 5.36. The summed E-state index contributed by atoms with van der Waals surface area (Å²) in [6, 6.07) is 4.05. The maximum absolute atomic E-state index is 6.04. The summed E-state index contributed by atoms with van der Waals surface area (Å²) in [5.41, 5.74) is 3.64. The van der Waals surface area contributed by atoms with Crippen LogP contribution >= 0.6 is 11.5 Å². The number of hydrogen-bond acceptors (Lipinski definition) is 7. The van der Waals surface area contributed by atoms with E-state index in [1.54, 1.807) is 11.8 Å². The molecule has 0 saturated heterocycles. The van der Waals surface area contributed by atoms with Gasteiger partial charge in [-0.05, 0) is 30.6 Å². The van der Waals surface area contributed by atoms with E-state index in [4.69, 9.17) is 19.4 Å². The summed E-state index contributed by atoms with van der Waals surface area (Å²) in [5.74, 6) is 1.30. The zero-order chi connectivity index (χ0) is 19.5. The van der Waals surface area contributed by atoms with Gasteiger partial charge in [0, 0.05) is 50.9 Å². The molecule has 0 bridgehead atoms. The highest BCUT2D eigenvalue weighted by molar-refractivity contribution is 7.05. The molecule has 4 rings (SSSR count). The lowest BCUT2D eigenvalue weighted by molar-refractivity contribution is 0.171. The number of nitrogens with zero attached hydrogens (tertiary/aromatic N) is 6. The van der Waals surface area contributed by atoms with E-state index in [0.717, 1.165) is 39.5 Å². The van der Waals surface area contributed by atoms with Gasteiger partial charge in [-0.3, -0.25) is 4.68 Å². The predicted octanol–water partition coefficient (Wildman–Crippen LogP) is 2.93. The molecule has 0 saturated carbocycles. The average Bonchev–Trinajstić information content (AvgIpc) is 3.38. The van der Waals surface area contributed by atoms with Crippen LogP contribution in [-0.4, -0.2) is 49.0 Å². The molecule has 0 fully saturated rings. The third-order valence-electron chi connectivity index (χ3n) is 4.26. The third kappa shape index (κ3) is 3.90. The second kappa shape index (κ2) is 8.07. The highest BCUT2D eigenvalue weighted by Gasteiger charge is 2.16. The molecule has 146 valence electrons. The fourth-order valence-corrected chi connectivity index (χ4v) is 3.75. The lowest BCUT2D eigenvalue weighted by Crippen LogP contribution is -2.07. The maximum Gasteiger partial charge on any atom is 0.242 e. The number of methoxy groups -OCH3 is 1. The predicted molar refractivity (Wildman–Crippen MR) is 107 cm³/mol. The van der Waals surface area contributed by atoms with Crippen molar-refractivity contribution in [1.29, 1.82) is 0 Å². The number of ether oxygens (including phenoxy) is 2. The summed E-state index contributed by atoms with van der Waals surface area (Å²) in [6.45, 7) is 3.16. The lowest BCUT2D eigenvalue weighted by atomic mass is 10.3. The first kappa shape index (κ1) is 18.6. The molecule has 8 nitrogen and oxygen atoms in total. The van der Waals surface area contributed by atoms with Gasteiger partial charge in [0.05, 0.1) is 29.7 Å². The van der Waals surface area contributed by atoms with Crippen molar-refractivity contribution in [3.8, 4) is 11.6 Å². The Bertz CT molecular complexity index is 1080. The molecule has 9 heteroatoms. The van der Waals surface area contributed by atoms with E-state index in [1.807, 2.05) is 43.2 Å². The molecule has 0 aromatic carbocycles. The molecule has 0 aliphatic rings. The second-order valence-electron chi connectivity index (χ2n) is 6.54. The van der Waals surface area contributed by atoms with Crippen LogP contribution in [0.2, 0.25) is 0 Å². The van der Waals surface area contributed by atoms with Gasteiger partial charge in [0.15, 0.2) is 0 Å². The van der Waals surface area contributed by atoms with Crippen LogP contribution < -0.4 is 4.74 Å². The molecule has 4 aromatic heterocycles. The van der Waals surface area contributed by atoms with E-state index in [0.29, 0.717) is 25.5 Å². The number of hydrogen-bond donors (Lipinski definition) is 0. The molecule has 0 amide bonds. The summed E-state index contributed by atoms with van der Waals surface area (Å²) < 4.78 is 19.3. The van der Waals surface area contributed by atoms with Crippen LogP contribution in [0.25, 0.3) is 16.7 Å². The Morgan fingerprint density at radius 3 is 2.82 bits per heavy atom. The largest absolute Gasteiger partial charge is 0.476 e. The summed E-state index contributed by atoms with van der Waals surface area (Å²) in [4.78, 5) is 10.6. The number of aromatic nitrogens is 6.